The molecule has 0 aliphatic heterocycles. The highest BCUT2D eigenvalue weighted by Gasteiger charge is 2.27. The smallest absolute Gasteiger partial charge is 0.124 e. The van der Waals surface area contributed by atoms with E-state index in [1.807, 2.05) is 12.1 Å². The molecule has 1 aliphatic carbocycles. The Hall–Kier alpha value is -0.890. The molecule has 0 N–H and O–H groups in total. The zero-order valence-corrected chi connectivity index (χ0v) is 9.10. The van der Waals surface area contributed by atoms with Crippen LogP contribution in [0.4, 0.5) is 0 Å². The third-order valence-electron chi connectivity index (χ3n) is 2.67. The molecule has 0 radical (unpaired) electrons. The van der Waals surface area contributed by atoms with Gasteiger partial charge in [0.15, 0.2) is 0 Å². The van der Waals surface area contributed by atoms with Crippen LogP contribution in [-0.2, 0) is 6.42 Å². The molecule has 0 spiro atoms. The quantitative estimate of drug-likeness (QED) is 0.702. The molecule has 0 aromatic heterocycles. The Morgan fingerprint density at radius 2 is 1.86 bits per heavy atom. The molecule has 1 aliphatic rings. The summed E-state index contributed by atoms with van der Waals surface area (Å²) >= 11 is 6.22. The van der Waals surface area contributed by atoms with E-state index in [4.69, 9.17) is 21.1 Å². The van der Waals surface area contributed by atoms with E-state index in [0.717, 1.165) is 29.9 Å². The first-order valence-corrected chi connectivity index (χ1v) is 5.09. The highest BCUT2D eigenvalue weighted by molar-refractivity contribution is 6.21. The van der Waals surface area contributed by atoms with Crippen molar-refractivity contribution in [1.29, 1.82) is 0 Å². The first-order chi connectivity index (χ1) is 6.77. The van der Waals surface area contributed by atoms with E-state index < -0.39 is 0 Å². The van der Waals surface area contributed by atoms with E-state index >= 15 is 0 Å². The van der Waals surface area contributed by atoms with E-state index in [2.05, 4.69) is 0 Å². The fourth-order valence-electron chi connectivity index (χ4n) is 2.01. The second-order valence-electron chi connectivity index (χ2n) is 3.37. The van der Waals surface area contributed by atoms with Crippen molar-refractivity contribution in [3.63, 3.8) is 0 Å². The molecule has 0 saturated carbocycles. The number of methoxy groups -OCH3 is 2. The molecule has 76 valence electrons. The Kier molecular flexibility index (Phi) is 2.55. The Labute approximate surface area is 88.8 Å². The van der Waals surface area contributed by atoms with Crippen molar-refractivity contribution in [1.82, 2.24) is 0 Å². The summed E-state index contributed by atoms with van der Waals surface area (Å²) in [5, 5.41) is 0.0649. The summed E-state index contributed by atoms with van der Waals surface area (Å²) < 4.78 is 10.6. The molecule has 3 heteroatoms. The van der Waals surface area contributed by atoms with Gasteiger partial charge in [0, 0.05) is 11.1 Å². The summed E-state index contributed by atoms with van der Waals surface area (Å²) in [7, 11) is 3.35. The van der Waals surface area contributed by atoms with Gasteiger partial charge >= 0.3 is 0 Å². The van der Waals surface area contributed by atoms with Gasteiger partial charge in [-0.3, -0.25) is 0 Å². The van der Waals surface area contributed by atoms with E-state index in [9.17, 15) is 0 Å². The van der Waals surface area contributed by atoms with Crippen LogP contribution in [0.15, 0.2) is 12.1 Å². The van der Waals surface area contributed by atoms with Crippen LogP contribution >= 0.6 is 11.6 Å². The Morgan fingerprint density at radius 3 is 2.50 bits per heavy atom. The normalized spacial score (nSPS) is 19.2. The standard InChI is InChI=1S/C11H13ClO2/c1-13-9-5-6-10(14-2)11-7(9)3-4-8(11)12/h5-6,8H,3-4H2,1-2H3. The predicted octanol–water partition coefficient (Wildman–Crippen LogP) is 2.93. The second-order valence-corrected chi connectivity index (χ2v) is 3.90. The largest absolute Gasteiger partial charge is 0.496 e. The number of benzene rings is 1. The molecule has 0 fully saturated rings. The van der Waals surface area contributed by atoms with Gasteiger partial charge in [0.1, 0.15) is 11.5 Å². The molecule has 0 amide bonds. The van der Waals surface area contributed by atoms with Crippen molar-refractivity contribution in [3.05, 3.63) is 23.3 Å². The van der Waals surface area contributed by atoms with E-state index in [1.165, 1.54) is 5.56 Å². The molecule has 0 bridgehead atoms. The van der Waals surface area contributed by atoms with Gasteiger partial charge in [-0.1, -0.05) is 0 Å². The average Bonchev–Trinajstić information content (AvgIpc) is 2.60. The molecule has 1 atom stereocenters. The first-order valence-electron chi connectivity index (χ1n) is 4.65. The lowest BCUT2D eigenvalue weighted by molar-refractivity contribution is 0.397. The maximum atomic E-state index is 6.22. The highest BCUT2D eigenvalue weighted by Crippen LogP contribution is 2.45. The maximum Gasteiger partial charge on any atom is 0.124 e. The highest BCUT2D eigenvalue weighted by atomic mass is 35.5. The molecule has 1 unspecified atom stereocenters. The Bertz CT molecular complexity index is 349. The van der Waals surface area contributed by atoms with Gasteiger partial charge in [-0.25, -0.2) is 0 Å². The van der Waals surface area contributed by atoms with Gasteiger partial charge in [0.2, 0.25) is 0 Å². The minimum Gasteiger partial charge on any atom is -0.496 e. The molecular weight excluding hydrogens is 200 g/mol. The van der Waals surface area contributed by atoms with E-state index in [1.54, 1.807) is 14.2 Å². The van der Waals surface area contributed by atoms with Gasteiger partial charge in [0.25, 0.3) is 0 Å². The SMILES string of the molecule is COc1ccc(OC)c2c1CCC2Cl. The van der Waals surface area contributed by atoms with Crippen LogP contribution in [0, 0.1) is 0 Å². The first kappa shape index (κ1) is 9.66. The summed E-state index contributed by atoms with van der Waals surface area (Å²) in [6, 6.07) is 3.85. The minimum atomic E-state index is 0.0649. The van der Waals surface area contributed by atoms with Crippen LogP contribution in [0.3, 0.4) is 0 Å². The zero-order chi connectivity index (χ0) is 10.1. The fourth-order valence-corrected chi connectivity index (χ4v) is 2.36. The van der Waals surface area contributed by atoms with Crippen molar-refractivity contribution in [3.8, 4) is 11.5 Å². The molecule has 0 saturated heterocycles. The van der Waals surface area contributed by atoms with Gasteiger partial charge < -0.3 is 9.47 Å². The van der Waals surface area contributed by atoms with Crippen LogP contribution in [0.1, 0.15) is 22.9 Å². The summed E-state index contributed by atoms with van der Waals surface area (Å²) in [5.74, 6) is 1.79. The summed E-state index contributed by atoms with van der Waals surface area (Å²) in [6.45, 7) is 0. The molecule has 2 nitrogen and oxygen atoms in total. The summed E-state index contributed by atoms with van der Waals surface area (Å²) in [4.78, 5) is 0. The molecule has 1 aromatic carbocycles. The average molecular weight is 213 g/mol. The van der Waals surface area contributed by atoms with Crippen molar-refractivity contribution in [2.45, 2.75) is 18.2 Å². The molecule has 2 rings (SSSR count). The lowest BCUT2D eigenvalue weighted by Gasteiger charge is -2.12. The number of fused-ring (bicyclic) bond motifs is 1. The number of hydrogen-bond donors (Lipinski definition) is 0. The third kappa shape index (κ3) is 1.34. The van der Waals surface area contributed by atoms with Crippen molar-refractivity contribution in [2.24, 2.45) is 0 Å². The Balaban J connectivity index is 2.56. The van der Waals surface area contributed by atoms with Crippen molar-refractivity contribution in [2.75, 3.05) is 14.2 Å². The maximum absolute atomic E-state index is 6.22. The van der Waals surface area contributed by atoms with Crippen LogP contribution in [0.25, 0.3) is 0 Å². The number of hydrogen-bond acceptors (Lipinski definition) is 2. The third-order valence-corrected chi connectivity index (χ3v) is 3.11. The van der Waals surface area contributed by atoms with Gasteiger partial charge in [-0.05, 0) is 25.0 Å². The van der Waals surface area contributed by atoms with Gasteiger partial charge in [0.05, 0.1) is 19.6 Å². The topological polar surface area (TPSA) is 18.5 Å². The molecule has 14 heavy (non-hydrogen) atoms. The zero-order valence-electron chi connectivity index (χ0n) is 8.34. The van der Waals surface area contributed by atoms with E-state index in [0.29, 0.717) is 0 Å². The number of rotatable bonds is 2. The monoisotopic (exact) mass is 212 g/mol. The second kappa shape index (κ2) is 3.70. The summed E-state index contributed by atoms with van der Waals surface area (Å²) in [6.07, 6.45) is 1.94. The fraction of sp³-hybridized carbons (Fsp3) is 0.455. The van der Waals surface area contributed by atoms with Crippen molar-refractivity contribution < 1.29 is 9.47 Å². The van der Waals surface area contributed by atoms with Crippen molar-refractivity contribution >= 4 is 11.6 Å². The van der Waals surface area contributed by atoms with E-state index in [-0.39, 0.29) is 5.38 Å². The lowest BCUT2D eigenvalue weighted by atomic mass is 10.1. The van der Waals surface area contributed by atoms with Gasteiger partial charge in [-0.15, -0.1) is 11.6 Å². The number of ether oxygens (including phenoxy) is 2. The van der Waals surface area contributed by atoms with Crippen LogP contribution in [0.5, 0.6) is 11.5 Å². The number of alkyl halides is 1. The van der Waals surface area contributed by atoms with Crippen LogP contribution < -0.4 is 9.47 Å². The van der Waals surface area contributed by atoms with Gasteiger partial charge in [-0.2, -0.15) is 0 Å². The summed E-state index contributed by atoms with van der Waals surface area (Å²) in [5.41, 5.74) is 2.31. The number of halogens is 1. The van der Waals surface area contributed by atoms with Crippen LogP contribution in [0.2, 0.25) is 0 Å². The molecule has 0 heterocycles. The molecular formula is C11H13ClO2. The molecule has 1 aromatic rings. The Morgan fingerprint density at radius 1 is 1.21 bits per heavy atom. The van der Waals surface area contributed by atoms with Crippen LogP contribution in [-0.4, -0.2) is 14.2 Å². The predicted molar refractivity (Wildman–Crippen MR) is 56.5 cm³/mol. The lowest BCUT2D eigenvalue weighted by Crippen LogP contribution is -1.95. The minimum absolute atomic E-state index is 0.0649.